The molecular weight excluding hydrogens is 328 g/mol. The molecule has 2 aromatic rings. The highest BCUT2D eigenvalue weighted by Gasteiger charge is 2.22. The van der Waals surface area contributed by atoms with Gasteiger partial charge in [-0.2, -0.15) is 0 Å². The summed E-state index contributed by atoms with van der Waals surface area (Å²) in [6.45, 7) is 11.9. The van der Waals surface area contributed by atoms with Gasteiger partial charge in [-0.3, -0.25) is 4.72 Å². The van der Waals surface area contributed by atoms with E-state index in [2.05, 4.69) is 19.8 Å². The van der Waals surface area contributed by atoms with Crippen LogP contribution in [0, 0.1) is 0 Å². The molecule has 2 heterocycles. The van der Waals surface area contributed by atoms with E-state index in [-0.39, 0.29) is 16.6 Å². The van der Waals surface area contributed by atoms with Gasteiger partial charge in [0.1, 0.15) is 23.0 Å². The van der Waals surface area contributed by atoms with Crippen molar-refractivity contribution < 1.29 is 12.9 Å². The van der Waals surface area contributed by atoms with E-state index in [0.29, 0.717) is 23.0 Å². The number of hydrogen-bond donors (Lipinski definition) is 1. The first-order chi connectivity index (χ1) is 10.9. The zero-order valence-corrected chi connectivity index (χ0v) is 15.7. The van der Waals surface area contributed by atoms with Crippen molar-refractivity contribution in [3.63, 3.8) is 0 Å². The number of nitrogens with one attached hydrogen (secondary N) is 1. The molecule has 0 spiro atoms. The van der Waals surface area contributed by atoms with Crippen molar-refractivity contribution in [3.05, 3.63) is 35.7 Å². The van der Waals surface area contributed by atoms with Gasteiger partial charge < -0.3 is 4.52 Å². The Kier molecular flexibility index (Phi) is 4.72. The standard InChI is InChI=1S/C16H24N4O3S/c1-15(2,3)13-7-11(19-23-13)10-24(21,22)20-12-8-17-14(18-9-12)16(4,5)6/h7-9,20H,10H2,1-6H3. The molecule has 0 aliphatic heterocycles. The predicted octanol–water partition coefficient (Wildman–Crippen LogP) is 3.00. The number of sulfonamides is 1. The third kappa shape index (κ3) is 4.77. The zero-order chi connectivity index (χ0) is 18.2. The lowest BCUT2D eigenvalue weighted by molar-refractivity contribution is 0.327. The third-order valence-electron chi connectivity index (χ3n) is 3.23. The molecule has 1 N–H and O–H groups in total. The van der Waals surface area contributed by atoms with Crippen LogP contribution in [0.25, 0.3) is 0 Å². The molecule has 0 amide bonds. The molecule has 8 heteroatoms. The summed E-state index contributed by atoms with van der Waals surface area (Å²) in [4.78, 5) is 8.41. The van der Waals surface area contributed by atoms with E-state index in [0.717, 1.165) is 0 Å². The Hall–Kier alpha value is -1.96. The normalized spacial score (nSPS) is 13.1. The maximum absolute atomic E-state index is 12.3. The molecule has 2 rings (SSSR count). The predicted molar refractivity (Wildman–Crippen MR) is 92.2 cm³/mol. The van der Waals surface area contributed by atoms with Crippen molar-refractivity contribution in [2.45, 2.75) is 58.1 Å². The molecule has 0 saturated heterocycles. The minimum Gasteiger partial charge on any atom is -0.361 e. The second kappa shape index (κ2) is 6.16. The first-order valence-corrected chi connectivity index (χ1v) is 9.31. The Morgan fingerprint density at radius 2 is 1.62 bits per heavy atom. The largest absolute Gasteiger partial charge is 0.361 e. The molecule has 24 heavy (non-hydrogen) atoms. The molecule has 0 unspecified atom stereocenters. The quantitative estimate of drug-likeness (QED) is 0.908. The molecule has 0 aliphatic rings. The summed E-state index contributed by atoms with van der Waals surface area (Å²) >= 11 is 0. The van der Waals surface area contributed by atoms with Gasteiger partial charge in [0.2, 0.25) is 10.0 Å². The summed E-state index contributed by atoms with van der Waals surface area (Å²) in [5.74, 6) is 1.02. The van der Waals surface area contributed by atoms with E-state index in [9.17, 15) is 8.42 Å². The van der Waals surface area contributed by atoms with E-state index in [1.165, 1.54) is 12.4 Å². The summed E-state index contributed by atoms with van der Waals surface area (Å²) in [5.41, 5.74) is 0.266. The summed E-state index contributed by atoms with van der Waals surface area (Å²) in [5, 5.41) is 3.83. The SMILES string of the molecule is CC(C)(C)c1ncc(NS(=O)(=O)Cc2cc(C(C)(C)C)on2)cn1. The van der Waals surface area contributed by atoms with Gasteiger partial charge in [0.15, 0.2) is 0 Å². The van der Waals surface area contributed by atoms with Crippen LogP contribution in [0.3, 0.4) is 0 Å². The van der Waals surface area contributed by atoms with Crippen LogP contribution < -0.4 is 4.72 Å². The fourth-order valence-corrected chi connectivity index (χ4v) is 2.97. The highest BCUT2D eigenvalue weighted by molar-refractivity contribution is 7.91. The van der Waals surface area contributed by atoms with Crippen molar-refractivity contribution in [3.8, 4) is 0 Å². The molecule has 0 atom stereocenters. The van der Waals surface area contributed by atoms with Crippen molar-refractivity contribution in [1.29, 1.82) is 0 Å². The van der Waals surface area contributed by atoms with Gasteiger partial charge in [0.05, 0.1) is 18.1 Å². The third-order valence-corrected chi connectivity index (χ3v) is 4.45. The highest BCUT2D eigenvalue weighted by Crippen LogP contribution is 2.24. The maximum Gasteiger partial charge on any atom is 0.238 e. The first kappa shape index (κ1) is 18.4. The fourth-order valence-electron chi connectivity index (χ4n) is 1.91. The lowest BCUT2D eigenvalue weighted by Gasteiger charge is -2.16. The summed E-state index contributed by atoms with van der Waals surface area (Å²) in [7, 11) is -3.62. The van der Waals surface area contributed by atoms with Gasteiger partial charge in [0.25, 0.3) is 0 Å². The van der Waals surface area contributed by atoms with E-state index in [1.54, 1.807) is 6.07 Å². The Morgan fingerprint density at radius 3 is 2.08 bits per heavy atom. The summed E-state index contributed by atoms with van der Waals surface area (Å²) < 4.78 is 32.2. The molecule has 0 bridgehead atoms. The number of hydrogen-bond acceptors (Lipinski definition) is 6. The number of anilines is 1. The fraction of sp³-hybridized carbons (Fsp3) is 0.562. The van der Waals surface area contributed by atoms with Crippen molar-refractivity contribution in [1.82, 2.24) is 15.1 Å². The van der Waals surface area contributed by atoms with Gasteiger partial charge in [-0.05, 0) is 0 Å². The molecule has 0 aliphatic carbocycles. The van der Waals surface area contributed by atoms with Crippen molar-refractivity contribution >= 4 is 15.7 Å². The van der Waals surface area contributed by atoms with Crippen LogP contribution in [-0.4, -0.2) is 23.5 Å². The van der Waals surface area contributed by atoms with Crippen LogP contribution in [0.1, 0.15) is 58.8 Å². The van der Waals surface area contributed by atoms with Crippen LogP contribution >= 0.6 is 0 Å². The molecule has 0 aromatic carbocycles. The van der Waals surface area contributed by atoms with E-state index < -0.39 is 10.0 Å². The Labute approximate surface area is 142 Å². The van der Waals surface area contributed by atoms with Gasteiger partial charge in [-0.25, -0.2) is 18.4 Å². The zero-order valence-electron chi connectivity index (χ0n) is 14.9. The van der Waals surface area contributed by atoms with Crippen molar-refractivity contribution in [2.24, 2.45) is 0 Å². The lowest BCUT2D eigenvalue weighted by Crippen LogP contribution is -2.18. The van der Waals surface area contributed by atoms with E-state index in [1.807, 2.05) is 41.5 Å². The topological polar surface area (TPSA) is 98.0 Å². The average Bonchev–Trinajstić information content (AvgIpc) is 2.85. The molecule has 0 radical (unpaired) electrons. The average molecular weight is 352 g/mol. The van der Waals surface area contributed by atoms with Crippen LogP contribution in [0.5, 0.6) is 0 Å². The number of rotatable bonds is 4. The second-order valence-corrected chi connectivity index (χ2v) is 9.56. The monoisotopic (exact) mass is 352 g/mol. The van der Waals surface area contributed by atoms with Gasteiger partial charge in [-0.1, -0.05) is 46.7 Å². The highest BCUT2D eigenvalue weighted by atomic mass is 32.2. The van der Waals surface area contributed by atoms with Crippen LogP contribution in [0.4, 0.5) is 5.69 Å². The van der Waals surface area contributed by atoms with E-state index in [4.69, 9.17) is 4.52 Å². The first-order valence-electron chi connectivity index (χ1n) is 7.66. The van der Waals surface area contributed by atoms with Gasteiger partial charge >= 0.3 is 0 Å². The van der Waals surface area contributed by atoms with E-state index >= 15 is 0 Å². The Balaban J connectivity index is 2.10. The summed E-state index contributed by atoms with van der Waals surface area (Å²) in [6.07, 6.45) is 2.93. The molecule has 0 saturated carbocycles. The maximum atomic E-state index is 12.3. The Morgan fingerprint density at radius 1 is 1.04 bits per heavy atom. The van der Waals surface area contributed by atoms with Crippen LogP contribution in [0.2, 0.25) is 0 Å². The minimum absolute atomic E-state index is 0.193. The van der Waals surface area contributed by atoms with Crippen LogP contribution in [-0.2, 0) is 26.6 Å². The minimum atomic E-state index is -3.62. The summed E-state index contributed by atoms with van der Waals surface area (Å²) in [6, 6.07) is 1.67. The van der Waals surface area contributed by atoms with Crippen LogP contribution in [0.15, 0.2) is 23.0 Å². The molecule has 0 fully saturated rings. The molecule has 2 aromatic heterocycles. The van der Waals surface area contributed by atoms with Gasteiger partial charge in [-0.15, -0.1) is 0 Å². The molecular formula is C16H24N4O3S. The molecule has 7 nitrogen and oxygen atoms in total. The smallest absolute Gasteiger partial charge is 0.238 e. The van der Waals surface area contributed by atoms with Crippen molar-refractivity contribution in [2.75, 3.05) is 4.72 Å². The Bertz CT molecular complexity index is 797. The molecule has 132 valence electrons. The second-order valence-electron chi connectivity index (χ2n) is 7.84. The lowest BCUT2D eigenvalue weighted by atomic mass is 9.93. The number of aromatic nitrogens is 3. The van der Waals surface area contributed by atoms with Gasteiger partial charge in [0, 0.05) is 16.9 Å². The number of nitrogens with zero attached hydrogens (tertiary/aromatic N) is 3.